The Balaban J connectivity index is 1.64. The molecule has 0 aliphatic rings. The molecule has 0 bridgehead atoms. The maximum Gasteiger partial charge on any atom is 0.255 e. The molecule has 30 heavy (non-hydrogen) atoms. The minimum absolute atomic E-state index is 0.228. The molecule has 4 N–H and O–H groups in total. The number of benzene rings is 2. The zero-order valence-corrected chi connectivity index (χ0v) is 17.6. The normalized spacial score (nSPS) is 10.7. The molecule has 0 aliphatic heterocycles. The molecule has 1 amide bonds. The number of anilines is 2. The number of pyridine rings is 1. The molecule has 6 nitrogen and oxygen atoms in total. The summed E-state index contributed by atoms with van der Waals surface area (Å²) in [5.74, 6) is -0.228. The molecule has 1 aromatic heterocycles. The fourth-order valence-electron chi connectivity index (χ4n) is 2.95. The van der Waals surface area contributed by atoms with Crippen LogP contribution in [0.2, 0.25) is 5.02 Å². The van der Waals surface area contributed by atoms with Crippen LogP contribution in [0.4, 0.5) is 11.4 Å². The minimum Gasteiger partial charge on any atom is -0.397 e. The van der Waals surface area contributed by atoms with Crippen LogP contribution in [0, 0.1) is 0 Å². The van der Waals surface area contributed by atoms with Crippen LogP contribution in [0.25, 0.3) is 11.3 Å². The first-order valence-corrected chi connectivity index (χ1v) is 10.1. The van der Waals surface area contributed by atoms with E-state index in [9.17, 15) is 4.79 Å². The molecule has 156 valence electrons. The summed E-state index contributed by atoms with van der Waals surface area (Å²) in [6.45, 7) is 2.29. The van der Waals surface area contributed by atoms with E-state index in [0.29, 0.717) is 34.2 Å². The van der Waals surface area contributed by atoms with Crippen molar-refractivity contribution in [2.45, 2.75) is 13.0 Å². The molecule has 2 aromatic carbocycles. The van der Waals surface area contributed by atoms with E-state index in [4.69, 9.17) is 22.1 Å². The summed E-state index contributed by atoms with van der Waals surface area (Å²) < 4.78 is 5.03. The summed E-state index contributed by atoms with van der Waals surface area (Å²) in [6, 6.07) is 16.2. The number of nitrogens with two attached hydrogens (primary N) is 1. The van der Waals surface area contributed by atoms with Gasteiger partial charge in [-0.25, -0.2) is 0 Å². The number of nitrogen functional groups attached to an aromatic ring is 1. The predicted octanol–water partition coefficient (Wildman–Crippen LogP) is 4.36. The van der Waals surface area contributed by atoms with Gasteiger partial charge in [-0.1, -0.05) is 35.9 Å². The van der Waals surface area contributed by atoms with Crippen LogP contribution in [0.5, 0.6) is 0 Å². The smallest absolute Gasteiger partial charge is 0.255 e. The molecule has 0 atom stereocenters. The van der Waals surface area contributed by atoms with Crippen molar-refractivity contribution in [3.8, 4) is 11.3 Å². The maximum absolute atomic E-state index is 12.5. The zero-order valence-electron chi connectivity index (χ0n) is 16.8. The van der Waals surface area contributed by atoms with Crippen molar-refractivity contribution in [1.82, 2.24) is 10.3 Å². The third kappa shape index (κ3) is 5.79. The van der Waals surface area contributed by atoms with Gasteiger partial charge in [-0.15, -0.1) is 0 Å². The van der Waals surface area contributed by atoms with Crippen molar-refractivity contribution in [2.75, 3.05) is 31.3 Å². The van der Waals surface area contributed by atoms with Crippen LogP contribution < -0.4 is 16.4 Å². The fourth-order valence-corrected chi connectivity index (χ4v) is 3.24. The number of ether oxygens (including phenoxy) is 1. The minimum atomic E-state index is -0.228. The predicted molar refractivity (Wildman–Crippen MR) is 122 cm³/mol. The second kappa shape index (κ2) is 10.7. The molecule has 7 heteroatoms. The Bertz CT molecular complexity index is 993. The monoisotopic (exact) mass is 424 g/mol. The second-order valence-electron chi connectivity index (χ2n) is 6.82. The molecule has 0 unspecified atom stereocenters. The molecule has 1 heterocycles. The lowest BCUT2D eigenvalue weighted by atomic mass is 10.1. The number of carbonyl (C=O) groups is 1. The standard InChI is InChI=1S/C23H25ClN4O2/c1-30-12-4-11-26-14-16-13-19(24)22(27-15-16)17-7-9-18(10-8-17)23(29)28-21-6-3-2-5-20(21)25/h2-3,5-10,13,15,26H,4,11-12,14,25H2,1H3,(H,28,29). The zero-order chi connectivity index (χ0) is 21.3. The SMILES string of the molecule is COCCCNCc1cnc(-c2ccc(C(=O)Nc3ccccc3N)cc2)c(Cl)c1. The van der Waals surface area contributed by atoms with Gasteiger partial charge in [-0.2, -0.15) is 0 Å². The lowest BCUT2D eigenvalue weighted by molar-refractivity contribution is 0.102. The third-order valence-corrected chi connectivity index (χ3v) is 4.85. The highest BCUT2D eigenvalue weighted by Crippen LogP contribution is 2.27. The molecule has 0 saturated heterocycles. The Hall–Kier alpha value is -2.93. The molecule has 3 aromatic rings. The van der Waals surface area contributed by atoms with Crippen LogP contribution in [0.15, 0.2) is 60.8 Å². The van der Waals surface area contributed by atoms with E-state index in [0.717, 1.165) is 30.7 Å². The number of carbonyl (C=O) groups excluding carboxylic acids is 1. The molecule has 0 spiro atoms. The number of hydrogen-bond acceptors (Lipinski definition) is 5. The first-order chi connectivity index (χ1) is 14.6. The van der Waals surface area contributed by atoms with E-state index < -0.39 is 0 Å². The summed E-state index contributed by atoms with van der Waals surface area (Å²) in [4.78, 5) is 17.0. The van der Waals surface area contributed by atoms with Crippen molar-refractivity contribution in [3.05, 3.63) is 76.9 Å². The van der Waals surface area contributed by atoms with E-state index in [2.05, 4.69) is 15.6 Å². The average Bonchev–Trinajstić information content (AvgIpc) is 2.75. The van der Waals surface area contributed by atoms with Crippen LogP contribution >= 0.6 is 11.6 Å². The van der Waals surface area contributed by atoms with Crippen molar-refractivity contribution < 1.29 is 9.53 Å². The fraction of sp³-hybridized carbons (Fsp3) is 0.217. The van der Waals surface area contributed by atoms with Crippen molar-refractivity contribution in [3.63, 3.8) is 0 Å². The summed E-state index contributed by atoms with van der Waals surface area (Å²) >= 11 is 6.45. The Kier molecular flexibility index (Phi) is 7.79. The van der Waals surface area contributed by atoms with Gasteiger partial charge in [0.2, 0.25) is 0 Å². The Morgan fingerprint density at radius 1 is 1.17 bits per heavy atom. The number of nitrogens with one attached hydrogen (secondary N) is 2. The van der Waals surface area contributed by atoms with Crippen molar-refractivity contribution in [2.24, 2.45) is 0 Å². The number of halogens is 1. The molecule has 0 aliphatic carbocycles. The Morgan fingerprint density at radius 2 is 1.93 bits per heavy atom. The number of amides is 1. The lowest BCUT2D eigenvalue weighted by Gasteiger charge is -2.10. The molecular formula is C23H25ClN4O2. The van der Waals surface area contributed by atoms with Gasteiger partial charge in [0, 0.05) is 37.6 Å². The summed E-state index contributed by atoms with van der Waals surface area (Å²) in [6.07, 6.45) is 2.76. The van der Waals surface area contributed by atoms with Crippen molar-refractivity contribution >= 4 is 28.9 Å². The van der Waals surface area contributed by atoms with E-state index in [1.165, 1.54) is 0 Å². The number of hydrogen-bond donors (Lipinski definition) is 3. The largest absolute Gasteiger partial charge is 0.397 e. The third-order valence-electron chi connectivity index (χ3n) is 4.56. The van der Waals surface area contributed by atoms with Crippen LogP contribution in [-0.2, 0) is 11.3 Å². The molecule has 0 fully saturated rings. The van der Waals surface area contributed by atoms with Gasteiger partial charge < -0.3 is 21.1 Å². The second-order valence-corrected chi connectivity index (χ2v) is 7.22. The maximum atomic E-state index is 12.5. The van der Waals surface area contributed by atoms with Crippen LogP contribution in [0.1, 0.15) is 22.3 Å². The quantitative estimate of drug-likeness (QED) is 0.350. The first-order valence-electron chi connectivity index (χ1n) is 9.69. The summed E-state index contributed by atoms with van der Waals surface area (Å²) in [5, 5.41) is 6.72. The van der Waals surface area contributed by atoms with E-state index in [1.54, 1.807) is 31.4 Å². The van der Waals surface area contributed by atoms with Gasteiger partial charge in [-0.05, 0) is 48.9 Å². The topological polar surface area (TPSA) is 89.3 Å². The Labute approximate surface area is 181 Å². The molecule has 0 radical (unpaired) electrons. The number of methoxy groups -OCH3 is 1. The molecule has 0 saturated carbocycles. The number of rotatable bonds is 9. The van der Waals surface area contributed by atoms with Gasteiger partial charge in [0.05, 0.1) is 22.1 Å². The van der Waals surface area contributed by atoms with Crippen LogP contribution in [-0.4, -0.2) is 31.2 Å². The first kappa shape index (κ1) is 21.8. The van der Waals surface area contributed by atoms with E-state index >= 15 is 0 Å². The molecular weight excluding hydrogens is 400 g/mol. The van der Waals surface area contributed by atoms with Crippen LogP contribution in [0.3, 0.4) is 0 Å². The highest BCUT2D eigenvalue weighted by atomic mass is 35.5. The molecule has 3 rings (SSSR count). The van der Waals surface area contributed by atoms with Crippen molar-refractivity contribution in [1.29, 1.82) is 0 Å². The lowest BCUT2D eigenvalue weighted by Crippen LogP contribution is -2.16. The number of para-hydroxylation sites is 2. The average molecular weight is 425 g/mol. The van der Waals surface area contributed by atoms with Gasteiger partial charge >= 0.3 is 0 Å². The summed E-state index contributed by atoms with van der Waals surface area (Å²) in [5.41, 5.74) is 10.0. The van der Waals surface area contributed by atoms with E-state index in [1.807, 2.05) is 36.5 Å². The number of aromatic nitrogens is 1. The van der Waals surface area contributed by atoms with Gasteiger partial charge in [0.15, 0.2) is 0 Å². The number of nitrogens with zero attached hydrogens (tertiary/aromatic N) is 1. The highest BCUT2D eigenvalue weighted by molar-refractivity contribution is 6.33. The van der Waals surface area contributed by atoms with Gasteiger partial charge in [0.25, 0.3) is 5.91 Å². The summed E-state index contributed by atoms with van der Waals surface area (Å²) in [7, 11) is 1.69. The van der Waals surface area contributed by atoms with Gasteiger partial charge in [-0.3, -0.25) is 9.78 Å². The van der Waals surface area contributed by atoms with E-state index in [-0.39, 0.29) is 5.91 Å². The van der Waals surface area contributed by atoms with Gasteiger partial charge in [0.1, 0.15) is 0 Å². The highest BCUT2D eigenvalue weighted by Gasteiger charge is 2.10. The Morgan fingerprint density at radius 3 is 2.63 bits per heavy atom.